The smallest absolute Gasteiger partial charge is 0.411 e. The van der Waals surface area contributed by atoms with Crippen LogP contribution in [-0.2, 0) is 30.3 Å². The number of nitrogens with one attached hydrogen (secondary N) is 1. The first-order valence-corrected chi connectivity index (χ1v) is 16.6. The Labute approximate surface area is 276 Å². The largest absolute Gasteiger partial charge is 0.444 e. The Hall–Kier alpha value is -3.34. The summed E-state index contributed by atoms with van der Waals surface area (Å²) in [6.07, 6.45) is 1.74. The molecule has 1 aromatic rings. The van der Waals surface area contributed by atoms with Crippen LogP contribution in [0.15, 0.2) is 30.3 Å². The molecule has 260 valence electrons. The Morgan fingerprint density at radius 2 is 1.30 bits per heavy atom. The lowest BCUT2D eigenvalue weighted by atomic mass is 9.98. The van der Waals surface area contributed by atoms with Gasteiger partial charge in [0.25, 0.3) is 0 Å². The van der Waals surface area contributed by atoms with E-state index in [1.54, 1.807) is 4.90 Å². The van der Waals surface area contributed by atoms with Crippen LogP contribution >= 0.6 is 0 Å². The van der Waals surface area contributed by atoms with E-state index in [0.29, 0.717) is 32.7 Å². The van der Waals surface area contributed by atoms with Crippen molar-refractivity contribution in [2.45, 2.75) is 112 Å². The molecular formula is C35H58N4O7. The molecule has 0 saturated carbocycles. The summed E-state index contributed by atoms with van der Waals surface area (Å²) >= 11 is 0. The topological polar surface area (TPSA) is 118 Å². The lowest BCUT2D eigenvalue weighted by Crippen LogP contribution is -2.60. The predicted octanol–water partition coefficient (Wildman–Crippen LogP) is 5.47. The van der Waals surface area contributed by atoms with Gasteiger partial charge in [-0.05, 0) is 71.8 Å². The maximum atomic E-state index is 12.9. The summed E-state index contributed by atoms with van der Waals surface area (Å²) in [7, 11) is 0. The summed E-state index contributed by atoms with van der Waals surface area (Å²) in [4.78, 5) is 54.1. The van der Waals surface area contributed by atoms with Crippen molar-refractivity contribution in [3.05, 3.63) is 35.9 Å². The number of rotatable bonds is 4. The zero-order chi connectivity index (χ0) is 34.7. The van der Waals surface area contributed by atoms with E-state index >= 15 is 0 Å². The van der Waals surface area contributed by atoms with Crippen LogP contribution in [0, 0.1) is 11.8 Å². The van der Waals surface area contributed by atoms with Crippen molar-refractivity contribution in [2.75, 3.05) is 39.4 Å². The number of amides is 4. The second kappa shape index (κ2) is 17.5. The molecule has 0 radical (unpaired) electrons. The zero-order valence-electron chi connectivity index (χ0n) is 29.8. The molecule has 1 unspecified atom stereocenters. The van der Waals surface area contributed by atoms with Crippen molar-refractivity contribution >= 4 is 24.0 Å². The van der Waals surface area contributed by atoms with Gasteiger partial charge >= 0.3 is 12.2 Å². The van der Waals surface area contributed by atoms with Crippen LogP contribution in [-0.4, -0.2) is 101 Å². The number of ether oxygens (including phenoxy) is 3. The minimum absolute atomic E-state index is 0.00837. The van der Waals surface area contributed by atoms with E-state index in [1.807, 2.05) is 104 Å². The van der Waals surface area contributed by atoms with Gasteiger partial charge in [-0.2, -0.15) is 0 Å². The van der Waals surface area contributed by atoms with E-state index in [1.165, 1.54) is 17.7 Å². The van der Waals surface area contributed by atoms with E-state index in [9.17, 15) is 19.2 Å². The zero-order valence-corrected chi connectivity index (χ0v) is 29.8. The Morgan fingerprint density at radius 1 is 0.804 bits per heavy atom. The number of benzene rings is 1. The highest BCUT2D eigenvalue weighted by Gasteiger charge is 2.41. The van der Waals surface area contributed by atoms with Crippen LogP contribution < -0.4 is 5.32 Å². The minimum Gasteiger partial charge on any atom is -0.444 e. The standard InChI is InChI=1S/C19H28N2O3.C12H22N2O3.C4H8O/c1-14(2)16-17(22)20(13-15-9-7-6-8-10-15)11-12-21(16)18(23)24-19(3,4)5;1-8(2)9-10(15)13-6-7-14(9)11(16)17-12(3,4)5;1-2-4-5-3-1/h6-10,14,16H,11-13H2,1-5H3;8-9H,6-7H2,1-5H3,(H,13,15);1-4H2/t16-;;/m1../s1. The fourth-order valence-corrected chi connectivity index (χ4v) is 5.31. The molecule has 3 aliphatic heterocycles. The molecule has 3 fully saturated rings. The molecule has 1 aromatic carbocycles. The Bertz CT molecular complexity index is 1120. The first-order valence-electron chi connectivity index (χ1n) is 16.6. The second-order valence-electron chi connectivity index (χ2n) is 14.6. The number of carbonyl (C=O) groups excluding carboxylic acids is 4. The van der Waals surface area contributed by atoms with Crippen LogP contribution in [0.4, 0.5) is 9.59 Å². The van der Waals surface area contributed by atoms with Crippen LogP contribution in [0.3, 0.4) is 0 Å². The summed E-state index contributed by atoms with van der Waals surface area (Å²) in [5, 5.41) is 2.77. The van der Waals surface area contributed by atoms with Gasteiger partial charge in [0.2, 0.25) is 11.8 Å². The average Bonchev–Trinajstić information content (AvgIpc) is 3.53. The Balaban J connectivity index is 0.000000289. The van der Waals surface area contributed by atoms with Gasteiger partial charge in [-0.25, -0.2) is 9.59 Å². The number of hydrogen-bond donors (Lipinski definition) is 1. The summed E-state index contributed by atoms with van der Waals surface area (Å²) in [6.45, 7) is 23.3. The SMILES string of the molecule is C1CCOC1.CC(C)C1C(=O)NCCN1C(=O)OC(C)(C)C.CC(C)[C@@H]1C(=O)N(Cc2ccccc2)CCN1C(=O)OC(C)(C)C. The van der Waals surface area contributed by atoms with E-state index < -0.39 is 35.5 Å². The maximum Gasteiger partial charge on any atom is 0.411 e. The summed E-state index contributed by atoms with van der Waals surface area (Å²) in [5.41, 5.74) is -0.00545. The molecule has 11 nitrogen and oxygen atoms in total. The molecule has 0 aromatic heterocycles. The molecule has 3 aliphatic rings. The van der Waals surface area contributed by atoms with E-state index in [2.05, 4.69) is 5.32 Å². The molecule has 11 heteroatoms. The highest BCUT2D eigenvalue weighted by Crippen LogP contribution is 2.23. The lowest BCUT2D eigenvalue weighted by molar-refractivity contribution is -0.144. The van der Waals surface area contributed by atoms with E-state index in [4.69, 9.17) is 14.2 Å². The Kier molecular flexibility index (Phi) is 14.8. The van der Waals surface area contributed by atoms with Gasteiger partial charge in [-0.1, -0.05) is 58.0 Å². The van der Waals surface area contributed by atoms with Gasteiger partial charge in [0.15, 0.2) is 0 Å². The van der Waals surface area contributed by atoms with Crippen molar-refractivity contribution in [1.82, 2.24) is 20.0 Å². The second-order valence-corrected chi connectivity index (χ2v) is 14.6. The highest BCUT2D eigenvalue weighted by molar-refractivity contribution is 5.88. The molecule has 1 N–H and O–H groups in total. The lowest BCUT2D eigenvalue weighted by Gasteiger charge is -2.42. The molecule has 3 saturated heterocycles. The molecular weight excluding hydrogens is 588 g/mol. The van der Waals surface area contributed by atoms with Crippen molar-refractivity contribution < 1.29 is 33.4 Å². The predicted molar refractivity (Wildman–Crippen MR) is 178 cm³/mol. The van der Waals surface area contributed by atoms with Gasteiger partial charge in [0.05, 0.1) is 0 Å². The summed E-state index contributed by atoms with van der Waals surface area (Å²) < 4.78 is 15.7. The quantitative estimate of drug-likeness (QED) is 0.461. The normalized spacial score (nSPS) is 20.4. The molecule has 0 bridgehead atoms. The van der Waals surface area contributed by atoms with Crippen molar-refractivity contribution in [3.8, 4) is 0 Å². The van der Waals surface area contributed by atoms with Crippen molar-refractivity contribution in [2.24, 2.45) is 11.8 Å². The Morgan fingerprint density at radius 3 is 1.74 bits per heavy atom. The summed E-state index contributed by atoms with van der Waals surface area (Å²) in [6, 6.07) is 9.02. The third-order valence-electron chi connectivity index (χ3n) is 7.33. The fraction of sp³-hybridized carbons (Fsp3) is 0.714. The van der Waals surface area contributed by atoms with Crippen LogP contribution in [0.25, 0.3) is 0 Å². The molecule has 0 spiro atoms. The minimum atomic E-state index is -0.567. The summed E-state index contributed by atoms with van der Waals surface area (Å²) in [5.74, 6) is -0.00511. The van der Waals surface area contributed by atoms with Crippen molar-refractivity contribution in [1.29, 1.82) is 0 Å². The molecule has 46 heavy (non-hydrogen) atoms. The van der Waals surface area contributed by atoms with Gasteiger partial charge in [-0.15, -0.1) is 0 Å². The van der Waals surface area contributed by atoms with Crippen LogP contribution in [0.5, 0.6) is 0 Å². The molecule has 0 aliphatic carbocycles. The molecule has 3 heterocycles. The number of piperazine rings is 2. The van der Waals surface area contributed by atoms with Gasteiger partial charge in [0.1, 0.15) is 23.3 Å². The highest BCUT2D eigenvalue weighted by atomic mass is 16.6. The number of nitrogens with zero attached hydrogens (tertiary/aromatic N) is 3. The average molecular weight is 647 g/mol. The van der Waals surface area contributed by atoms with Crippen LogP contribution in [0.2, 0.25) is 0 Å². The molecule has 4 amide bonds. The molecule has 4 rings (SSSR count). The monoisotopic (exact) mass is 646 g/mol. The van der Waals surface area contributed by atoms with Gasteiger partial charge in [-0.3, -0.25) is 19.4 Å². The van der Waals surface area contributed by atoms with Crippen LogP contribution in [0.1, 0.15) is 87.6 Å². The number of hydrogen-bond acceptors (Lipinski definition) is 7. The van der Waals surface area contributed by atoms with Crippen molar-refractivity contribution in [3.63, 3.8) is 0 Å². The maximum absolute atomic E-state index is 12.9. The first kappa shape index (κ1) is 38.8. The van der Waals surface area contributed by atoms with E-state index in [0.717, 1.165) is 18.8 Å². The third-order valence-corrected chi connectivity index (χ3v) is 7.33. The fourth-order valence-electron chi connectivity index (χ4n) is 5.31. The van der Waals surface area contributed by atoms with Gasteiger partial charge < -0.3 is 24.4 Å². The van der Waals surface area contributed by atoms with E-state index in [-0.39, 0.29) is 23.7 Å². The third kappa shape index (κ3) is 12.8. The molecule has 2 atom stereocenters. The first-order chi connectivity index (χ1) is 21.4. The van der Waals surface area contributed by atoms with Gasteiger partial charge in [0, 0.05) is 45.9 Å². The number of carbonyl (C=O) groups is 4.